The Morgan fingerprint density at radius 3 is 2.46 bits per heavy atom. The van der Waals surface area contributed by atoms with Gasteiger partial charge in [0.2, 0.25) is 0 Å². The lowest BCUT2D eigenvalue weighted by atomic mass is 10.1. The largest absolute Gasteiger partial charge is 0.368 e. The van der Waals surface area contributed by atoms with Crippen molar-refractivity contribution in [3.8, 4) is 11.4 Å². The Balaban J connectivity index is 1.66. The fourth-order valence-electron chi connectivity index (χ4n) is 3.13. The second kappa shape index (κ2) is 7.76. The number of benzene rings is 1. The number of rotatable bonds is 6. The molecule has 0 fully saturated rings. The monoisotopic (exact) mass is 372 g/mol. The third-order valence-electron chi connectivity index (χ3n) is 4.74. The molecule has 0 amide bonds. The molecule has 0 aliphatic rings. The first-order valence-corrected chi connectivity index (χ1v) is 9.56. The molecule has 4 rings (SSSR count). The van der Waals surface area contributed by atoms with E-state index in [1.807, 2.05) is 18.5 Å². The minimum atomic E-state index is 0.269. The number of pyridine rings is 1. The normalized spacial score (nSPS) is 11.3. The van der Waals surface area contributed by atoms with Gasteiger partial charge >= 0.3 is 0 Å². The lowest BCUT2D eigenvalue weighted by molar-refractivity contribution is 0.613. The Kier molecular flexibility index (Phi) is 5.02. The molecule has 0 radical (unpaired) electrons. The highest BCUT2D eigenvalue weighted by atomic mass is 15.2. The molecule has 0 saturated heterocycles. The molecule has 3 heterocycles. The van der Waals surface area contributed by atoms with E-state index in [9.17, 15) is 0 Å². The summed E-state index contributed by atoms with van der Waals surface area (Å²) >= 11 is 0. The summed E-state index contributed by atoms with van der Waals surface area (Å²) in [6.45, 7) is 7.13. The van der Waals surface area contributed by atoms with E-state index >= 15 is 0 Å². The van der Waals surface area contributed by atoms with Crippen LogP contribution in [0, 0.1) is 6.92 Å². The van der Waals surface area contributed by atoms with Crippen molar-refractivity contribution in [3.05, 3.63) is 66.2 Å². The first kappa shape index (κ1) is 18.1. The average Bonchev–Trinajstić information content (AvgIpc) is 3.14. The number of aryl methyl sites for hydroxylation is 1. The van der Waals surface area contributed by atoms with E-state index in [-0.39, 0.29) is 6.04 Å². The highest BCUT2D eigenvalue weighted by Gasteiger charge is 2.15. The van der Waals surface area contributed by atoms with Gasteiger partial charge in [-0.25, -0.2) is 15.0 Å². The Labute approximate surface area is 164 Å². The molecule has 28 heavy (non-hydrogen) atoms. The molecule has 1 aromatic carbocycles. The van der Waals surface area contributed by atoms with Gasteiger partial charge < -0.3 is 9.88 Å². The van der Waals surface area contributed by atoms with E-state index in [2.05, 4.69) is 64.9 Å². The van der Waals surface area contributed by atoms with Crippen molar-refractivity contribution >= 4 is 17.0 Å². The second-order valence-corrected chi connectivity index (χ2v) is 7.21. The van der Waals surface area contributed by atoms with E-state index in [1.165, 1.54) is 11.1 Å². The molecule has 0 spiro atoms. The highest BCUT2D eigenvalue weighted by molar-refractivity contribution is 5.85. The van der Waals surface area contributed by atoms with Crippen molar-refractivity contribution in [2.45, 2.75) is 33.2 Å². The standard InChI is InChI=1S/C22H24N6/c1-15(2)28-14-25-19-21(24-13-8-17-6-4-16(3)5-7-17)26-20(27-22(19)28)18-9-11-23-12-10-18/h4-7,9-12,14-15H,8,13H2,1-3H3,(H,24,26,27). The number of anilines is 1. The zero-order chi connectivity index (χ0) is 19.5. The summed E-state index contributed by atoms with van der Waals surface area (Å²) in [5.41, 5.74) is 5.15. The molecule has 0 aliphatic carbocycles. The molecule has 6 heteroatoms. The number of fused-ring (bicyclic) bond motifs is 1. The Bertz CT molecular complexity index is 1070. The maximum Gasteiger partial charge on any atom is 0.166 e. The number of aromatic nitrogens is 5. The van der Waals surface area contributed by atoms with Crippen LogP contribution in [0.4, 0.5) is 5.82 Å². The SMILES string of the molecule is Cc1ccc(CCNc2nc(-c3ccncc3)nc3c2ncn3C(C)C)cc1. The Morgan fingerprint density at radius 1 is 1.00 bits per heavy atom. The van der Waals surface area contributed by atoms with E-state index in [1.54, 1.807) is 12.4 Å². The van der Waals surface area contributed by atoms with Crippen LogP contribution in [0.2, 0.25) is 0 Å². The lowest BCUT2D eigenvalue weighted by Crippen LogP contribution is -2.09. The van der Waals surface area contributed by atoms with Crippen molar-refractivity contribution in [1.82, 2.24) is 24.5 Å². The van der Waals surface area contributed by atoms with E-state index in [0.717, 1.165) is 35.5 Å². The lowest BCUT2D eigenvalue weighted by Gasteiger charge is -2.11. The number of hydrogen-bond donors (Lipinski definition) is 1. The van der Waals surface area contributed by atoms with Gasteiger partial charge in [0.25, 0.3) is 0 Å². The third kappa shape index (κ3) is 3.71. The summed E-state index contributed by atoms with van der Waals surface area (Å²) in [4.78, 5) is 18.2. The van der Waals surface area contributed by atoms with Gasteiger partial charge in [0.15, 0.2) is 17.3 Å². The van der Waals surface area contributed by atoms with Crippen molar-refractivity contribution in [2.24, 2.45) is 0 Å². The van der Waals surface area contributed by atoms with Crippen molar-refractivity contribution in [1.29, 1.82) is 0 Å². The molecule has 6 nitrogen and oxygen atoms in total. The summed E-state index contributed by atoms with van der Waals surface area (Å²) in [6.07, 6.45) is 6.27. The molecule has 0 aliphatic heterocycles. The fourth-order valence-corrected chi connectivity index (χ4v) is 3.13. The maximum absolute atomic E-state index is 4.78. The Morgan fingerprint density at radius 2 is 1.75 bits per heavy atom. The molecule has 0 atom stereocenters. The zero-order valence-electron chi connectivity index (χ0n) is 16.4. The van der Waals surface area contributed by atoms with Crippen LogP contribution in [0.5, 0.6) is 0 Å². The van der Waals surface area contributed by atoms with Gasteiger partial charge in [-0.3, -0.25) is 4.98 Å². The quantitative estimate of drug-likeness (QED) is 0.542. The van der Waals surface area contributed by atoms with Crippen LogP contribution in [0.15, 0.2) is 55.1 Å². The molecule has 0 unspecified atom stereocenters. The van der Waals surface area contributed by atoms with Gasteiger partial charge in [-0.1, -0.05) is 29.8 Å². The molecule has 142 valence electrons. The van der Waals surface area contributed by atoms with E-state index in [4.69, 9.17) is 9.97 Å². The minimum Gasteiger partial charge on any atom is -0.368 e. The van der Waals surface area contributed by atoms with Crippen molar-refractivity contribution in [2.75, 3.05) is 11.9 Å². The van der Waals surface area contributed by atoms with Gasteiger partial charge in [0.1, 0.15) is 5.52 Å². The molecule has 0 bridgehead atoms. The molecule has 1 N–H and O–H groups in total. The van der Waals surface area contributed by atoms with Gasteiger partial charge in [0.05, 0.1) is 6.33 Å². The maximum atomic E-state index is 4.78. The molecular weight excluding hydrogens is 348 g/mol. The fraction of sp³-hybridized carbons (Fsp3) is 0.273. The van der Waals surface area contributed by atoms with Crippen LogP contribution in [-0.2, 0) is 6.42 Å². The summed E-state index contributed by atoms with van der Waals surface area (Å²) in [7, 11) is 0. The van der Waals surface area contributed by atoms with Crippen LogP contribution >= 0.6 is 0 Å². The van der Waals surface area contributed by atoms with Crippen LogP contribution < -0.4 is 5.32 Å². The minimum absolute atomic E-state index is 0.269. The second-order valence-electron chi connectivity index (χ2n) is 7.21. The van der Waals surface area contributed by atoms with Gasteiger partial charge in [-0.05, 0) is 44.9 Å². The first-order chi connectivity index (χ1) is 13.6. The summed E-state index contributed by atoms with van der Waals surface area (Å²) in [5.74, 6) is 1.44. The predicted molar refractivity (Wildman–Crippen MR) is 112 cm³/mol. The Hall–Kier alpha value is -3.28. The van der Waals surface area contributed by atoms with Crippen LogP contribution in [0.25, 0.3) is 22.6 Å². The summed E-state index contributed by atoms with van der Waals surface area (Å²) < 4.78 is 2.08. The number of imidazole rings is 1. The number of nitrogens with zero attached hydrogens (tertiary/aromatic N) is 5. The average molecular weight is 372 g/mol. The number of hydrogen-bond acceptors (Lipinski definition) is 5. The van der Waals surface area contributed by atoms with Gasteiger partial charge in [-0.15, -0.1) is 0 Å². The van der Waals surface area contributed by atoms with Gasteiger partial charge in [-0.2, -0.15) is 0 Å². The summed E-state index contributed by atoms with van der Waals surface area (Å²) in [5, 5.41) is 3.47. The van der Waals surface area contributed by atoms with E-state index in [0.29, 0.717) is 5.82 Å². The predicted octanol–water partition coefficient (Wildman–Crippen LogP) is 4.43. The van der Waals surface area contributed by atoms with Crippen LogP contribution in [-0.4, -0.2) is 31.0 Å². The van der Waals surface area contributed by atoms with Crippen LogP contribution in [0.1, 0.15) is 31.0 Å². The van der Waals surface area contributed by atoms with Crippen molar-refractivity contribution in [3.63, 3.8) is 0 Å². The third-order valence-corrected chi connectivity index (χ3v) is 4.74. The molecule has 3 aromatic heterocycles. The highest BCUT2D eigenvalue weighted by Crippen LogP contribution is 2.25. The molecular formula is C22H24N6. The first-order valence-electron chi connectivity index (χ1n) is 9.56. The topological polar surface area (TPSA) is 68.5 Å². The van der Waals surface area contributed by atoms with Crippen molar-refractivity contribution < 1.29 is 0 Å². The molecule has 4 aromatic rings. The zero-order valence-corrected chi connectivity index (χ0v) is 16.4. The van der Waals surface area contributed by atoms with Crippen LogP contribution in [0.3, 0.4) is 0 Å². The molecule has 0 saturated carbocycles. The van der Waals surface area contributed by atoms with E-state index < -0.39 is 0 Å². The van der Waals surface area contributed by atoms with Gasteiger partial charge in [0, 0.05) is 30.5 Å². The smallest absolute Gasteiger partial charge is 0.166 e. The summed E-state index contributed by atoms with van der Waals surface area (Å²) in [6, 6.07) is 12.7. The number of nitrogens with one attached hydrogen (secondary N) is 1.